The molecule has 1 aromatic rings. The van der Waals surface area contributed by atoms with Crippen molar-refractivity contribution < 1.29 is 9.59 Å². The molecule has 0 saturated carbocycles. The smallest absolute Gasteiger partial charge is 0.241 e. The zero-order chi connectivity index (χ0) is 20.2. The van der Waals surface area contributed by atoms with Crippen LogP contribution in [-0.2, 0) is 16.0 Å². The van der Waals surface area contributed by atoms with Gasteiger partial charge >= 0.3 is 0 Å². The van der Waals surface area contributed by atoms with Crippen molar-refractivity contribution >= 4 is 17.5 Å². The van der Waals surface area contributed by atoms with Gasteiger partial charge in [0.25, 0.3) is 0 Å². The Morgan fingerprint density at radius 1 is 0.862 bits per heavy atom. The zero-order valence-electron chi connectivity index (χ0n) is 17.7. The van der Waals surface area contributed by atoms with E-state index in [0.717, 1.165) is 70.6 Å². The highest BCUT2D eigenvalue weighted by atomic mass is 16.2. The molecule has 158 valence electrons. The lowest BCUT2D eigenvalue weighted by molar-refractivity contribution is -0.136. The second-order valence-electron chi connectivity index (χ2n) is 8.76. The molecule has 0 N–H and O–H groups in total. The molecule has 29 heavy (non-hydrogen) atoms. The Labute approximate surface area is 174 Å². The van der Waals surface area contributed by atoms with Gasteiger partial charge in [-0.2, -0.15) is 0 Å². The number of benzene rings is 1. The Balaban J connectivity index is 1.25. The first kappa shape index (κ1) is 20.4. The lowest BCUT2D eigenvalue weighted by atomic mass is 10.0. The third kappa shape index (κ3) is 4.81. The van der Waals surface area contributed by atoms with E-state index in [1.165, 1.54) is 12.0 Å². The van der Waals surface area contributed by atoms with Gasteiger partial charge in [-0.1, -0.05) is 18.2 Å². The average Bonchev–Trinajstić information content (AvgIpc) is 2.75. The Bertz CT molecular complexity index is 729. The Kier molecular flexibility index (Phi) is 6.50. The fourth-order valence-electron chi connectivity index (χ4n) is 4.93. The van der Waals surface area contributed by atoms with Crippen LogP contribution in [0.5, 0.6) is 0 Å². The quantitative estimate of drug-likeness (QED) is 0.778. The molecule has 2 saturated heterocycles. The molecule has 1 unspecified atom stereocenters. The highest BCUT2D eigenvalue weighted by Crippen LogP contribution is 2.26. The molecule has 1 aromatic carbocycles. The van der Waals surface area contributed by atoms with Crippen molar-refractivity contribution in [1.29, 1.82) is 0 Å². The largest absolute Gasteiger partial charge is 0.339 e. The van der Waals surface area contributed by atoms with Crippen molar-refractivity contribution in [2.75, 3.05) is 57.3 Å². The summed E-state index contributed by atoms with van der Waals surface area (Å²) in [6, 6.07) is 8.65. The van der Waals surface area contributed by atoms with Crippen LogP contribution in [0.3, 0.4) is 0 Å². The molecule has 3 aliphatic heterocycles. The summed E-state index contributed by atoms with van der Waals surface area (Å²) in [6.07, 6.45) is 5.59. The average molecular weight is 399 g/mol. The van der Waals surface area contributed by atoms with Gasteiger partial charge in [0.05, 0.1) is 13.1 Å². The molecule has 0 spiro atoms. The third-order valence-electron chi connectivity index (χ3n) is 6.72. The second kappa shape index (κ2) is 9.26. The number of para-hydroxylation sites is 1. The summed E-state index contributed by atoms with van der Waals surface area (Å²) >= 11 is 0. The minimum absolute atomic E-state index is 0.198. The molecule has 2 fully saturated rings. The fourth-order valence-corrected chi connectivity index (χ4v) is 4.93. The van der Waals surface area contributed by atoms with Gasteiger partial charge in [-0.25, -0.2) is 0 Å². The summed E-state index contributed by atoms with van der Waals surface area (Å²) in [4.78, 5) is 34.1. The van der Waals surface area contributed by atoms with Gasteiger partial charge < -0.3 is 9.80 Å². The van der Waals surface area contributed by atoms with Crippen LogP contribution in [0.25, 0.3) is 0 Å². The number of carbonyl (C=O) groups is 2. The van der Waals surface area contributed by atoms with Crippen LogP contribution < -0.4 is 4.90 Å². The van der Waals surface area contributed by atoms with E-state index in [-0.39, 0.29) is 11.8 Å². The minimum Gasteiger partial charge on any atom is -0.339 e. The molecular weight excluding hydrogens is 364 g/mol. The lowest BCUT2D eigenvalue weighted by Gasteiger charge is -2.38. The molecule has 2 amide bonds. The first-order chi connectivity index (χ1) is 14.1. The van der Waals surface area contributed by atoms with Crippen molar-refractivity contribution in [2.24, 2.45) is 0 Å². The maximum Gasteiger partial charge on any atom is 0.241 e. The SMILES string of the molecule is CC1CCCCN1C(=O)CN1CCN(CC(=O)N2CCCc3ccccc32)CC1. The van der Waals surface area contributed by atoms with Crippen molar-refractivity contribution in [1.82, 2.24) is 14.7 Å². The number of piperazine rings is 1. The van der Waals surface area contributed by atoms with E-state index >= 15 is 0 Å². The van der Waals surface area contributed by atoms with Crippen molar-refractivity contribution in [2.45, 2.75) is 45.1 Å². The van der Waals surface area contributed by atoms with Crippen molar-refractivity contribution in [3.63, 3.8) is 0 Å². The van der Waals surface area contributed by atoms with Crippen LogP contribution in [-0.4, -0.2) is 84.9 Å². The number of nitrogens with zero attached hydrogens (tertiary/aromatic N) is 4. The Morgan fingerprint density at radius 3 is 2.28 bits per heavy atom. The first-order valence-corrected chi connectivity index (χ1v) is 11.2. The lowest BCUT2D eigenvalue weighted by Crippen LogP contribution is -2.53. The number of carbonyl (C=O) groups excluding carboxylic acids is 2. The number of fused-ring (bicyclic) bond motifs is 1. The van der Waals surface area contributed by atoms with Crippen LogP contribution >= 0.6 is 0 Å². The molecule has 3 aliphatic rings. The van der Waals surface area contributed by atoms with Crippen LogP contribution in [0.1, 0.15) is 38.2 Å². The molecular formula is C23H34N4O2. The highest BCUT2D eigenvalue weighted by Gasteiger charge is 2.28. The molecule has 0 aliphatic carbocycles. The molecule has 0 radical (unpaired) electrons. The zero-order valence-corrected chi connectivity index (χ0v) is 17.7. The van der Waals surface area contributed by atoms with Gasteiger partial charge in [0.1, 0.15) is 0 Å². The van der Waals surface area contributed by atoms with Crippen molar-refractivity contribution in [3.05, 3.63) is 29.8 Å². The van der Waals surface area contributed by atoms with E-state index in [0.29, 0.717) is 19.1 Å². The Hall–Kier alpha value is -1.92. The topological polar surface area (TPSA) is 47.1 Å². The normalized spacial score (nSPS) is 23.7. The van der Waals surface area contributed by atoms with E-state index in [1.807, 2.05) is 11.0 Å². The number of amides is 2. The Morgan fingerprint density at radius 2 is 1.55 bits per heavy atom. The van der Waals surface area contributed by atoms with Gasteiger partial charge in [-0.15, -0.1) is 0 Å². The van der Waals surface area contributed by atoms with Crippen LogP contribution in [0.15, 0.2) is 24.3 Å². The van der Waals surface area contributed by atoms with E-state index in [4.69, 9.17) is 0 Å². The molecule has 0 aromatic heterocycles. The van der Waals surface area contributed by atoms with Gasteiger partial charge in [0.2, 0.25) is 11.8 Å². The summed E-state index contributed by atoms with van der Waals surface area (Å²) in [5, 5.41) is 0. The highest BCUT2D eigenvalue weighted by molar-refractivity contribution is 5.96. The number of rotatable bonds is 4. The molecule has 6 heteroatoms. The first-order valence-electron chi connectivity index (χ1n) is 11.2. The molecule has 4 rings (SSSR count). The van der Waals surface area contributed by atoms with Crippen molar-refractivity contribution in [3.8, 4) is 0 Å². The number of hydrogen-bond acceptors (Lipinski definition) is 4. The predicted molar refractivity (Wildman–Crippen MR) is 115 cm³/mol. The third-order valence-corrected chi connectivity index (χ3v) is 6.72. The number of piperidine rings is 1. The summed E-state index contributed by atoms with van der Waals surface area (Å²) in [7, 11) is 0. The maximum atomic E-state index is 12.9. The minimum atomic E-state index is 0.198. The van der Waals surface area contributed by atoms with E-state index in [9.17, 15) is 9.59 Å². The predicted octanol–water partition coefficient (Wildman–Crippen LogP) is 1.98. The van der Waals surface area contributed by atoms with Gasteiger partial charge in [0, 0.05) is 51.0 Å². The van der Waals surface area contributed by atoms with Crippen LogP contribution in [0.2, 0.25) is 0 Å². The second-order valence-corrected chi connectivity index (χ2v) is 8.76. The molecule has 1 atom stereocenters. The summed E-state index contributed by atoms with van der Waals surface area (Å²) in [6.45, 7) is 8.30. The van der Waals surface area contributed by atoms with E-state index in [2.05, 4.69) is 39.8 Å². The molecule has 3 heterocycles. The molecule has 0 bridgehead atoms. The maximum absolute atomic E-state index is 12.9. The van der Waals surface area contributed by atoms with E-state index < -0.39 is 0 Å². The standard InChI is InChI=1S/C23H34N4O2/c1-19-7-4-5-11-26(19)22(28)17-24-13-15-25(16-14-24)18-23(29)27-12-6-9-20-8-2-3-10-21(20)27/h2-3,8,10,19H,4-7,9,11-18H2,1H3. The van der Waals surface area contributed by atoms with Crippen LogP contribution in [0, 0.1) is 0 Å². The number of hydrogen-bond donors (Lipinski definition) is 0. The van der Waals surface area contributed by atoms with Crippen LogP contribution in [0.4, 0.5) is 5.69 Å². The van der Waals surface area contributed by atoms with Gasteiger partial charge in [-0.05, 0) is 50.7 Å². The van der Waals surface area contributed by atoms with E-state index in [1.54, 1.807) is 0 Å². The summed E-state index contributed by atoms with van der Waals surface area (Å²) in [5.41, 5.74) is 2.37. The number of anilines is 1. The van der Waals surface area contributed by atoms with Gasteiger partial charge in [0.15, 0.2) is 0 Å². The monoisotopic (exact) mass is 398 g/mol. The summed E-state index contributed by atoms with van der Waals surface area (Å²) in [5.74, 6) is 0.468. The fraction of sp³-hybridized carbons (Fsp3) is 0.652. The molecule has 6 nitrogen and oxygen atoms in total. The van der Waals surface area contributed by atoms with Gasteiger partial charge in [-0.3, -0.25) is 19.4 Å². The number of likely N-dealkylation sites (tertiary alicyclic amines) is 1. The number of aryl methyl sites for hydroxylation is 1. The summed E-state index contributed by atoms with van der Waals surface area (Å²) < 4.78 is 0.